The van der Waals surface area contributed by atoms with Crippen LogP contribution >= 0.6 is 0 Å². The molecule has 0 radical (unpaired) electrons. The van der Waals surface area contributed by atoms with Gasteiger partial charge in [-0.1, -0.05) is 224 Å². The summed E-state index contributed by atoms with van der Waals surface area (Å²) in [6, 6.07) is 98.3. The van der Waals surface area contributed by atoms with Crippen LogP contribution < -0.4 is 0 Å². The molecule has 14 aromatic carbocycles. The van der Waals surface area contributed by atoms with Crippen molar-refractivity contribution in [1.29, 1.82) is 0 Å². The summed E-state index contributed by atoms with van der Waals surface area (Å²) in [5.41, 5.74) is 14.1. The molecule has 15 aromatic rings. The zero-order valence-electron chi connectivity index (χ0n) is 39.8. The summed E-state index contributed by atoms with van der Waals surface area (Å²) in [4.78, 5) is 5.19. The Morgan fingerprint density at radius 2 is 0.658 bits per heavy atom. The van der Waals surface area contributed by atoms with Gasteiger partial charge in [-0.25, -0.2) is 4.98 Å². The van der Waals surface area contributed by atoms with Crippen LogP contribution in [-0.4, -0.2) is 9.55 Å². The molecule has 0 amide bonds. The third-order valence-electron chi connectivity index (χ3n) is 15.3. The van der Waals surface area contributed by atoms with E-state index in [-0.39, 0.29) is 0 Å². The lowest BCUT2D eigenvalue weighted by molar-refractivity contribution is 1.10. The van der Waals surface area contributed by atoms with Gasteiger partial charge in [0.1, 0.15) is 5.82 Å². The average Bonchev–Trinajstić information content (AvgIpc) is 3.86. The van der Waals surface area contributed by atoms with Crippen LogP contribution in [0.25, 0.3) is 148 Å². The Labute approximate surface area is 422 Å². The van der Waals surface area contributed by atoms with Crippen molar-refractivity contribution in [3.05, 3.63) is 267 Å². The summed E-state index contributed by atoms with van der Waals surface area (Å²) in [5.74, 6) is 0.932. The molecule has 0 aliphatic carbocycles. The van der Waals surface area contributed by atoms with Gasteiger partial charge in [0.05, 0.1) is 11.0 Å². The highest BCUT2D eigenvalue weighted by atomic mass is 15.1. The average molecular weight is 925 g/mol. The first kappa shape index (κ1) is 41.2. The predicted molar refractivity (Wildman–Crippen MR) is 311 cm³/mol. The smallest absolute Gasteiger partial charge is 0.145 e. The summed E-state index contributed by atoms with van der Waals surface area (Å²) in [7, 11) is 0. The van der Waals surface area contributed by atoms with Gasteiger partial charge >= 0.3 is 0 Å². The third kappa shape index (κ3) is 6.47. The number of hydrogen-bond acceptors (Lipinski definition) is 1. The fraction of sp³-hybridized carbons (Fsp3) is 0. The molecule has 0 saturated heterocycles. The molecule has 0 spiro atoms. The minimum atomic E-state index is 0.932. The van der Waals surface area contributed by atoms with Crippen molar-refractivity contribution in [1.82, 2.24) is 9.55 Å². The van der Waals surface area contributed by atoms with Crippen LogP contribution in [0.15, 0.2) is 267 Å². The van der Waals surface area contributed by atoms with Gasteiger partial charge < -0.3 is 0 Å². The monoisotopic (exact) mass is 924 g/mol. The first-order valence-corrected chi connectivity index (χ1v) is 25.2. The number of para-hydroxylation sites is 3. The number of imidazole rings is 1. The van der Waals surface area contributed by atoms with Crippen LogP contribution in [0.4, 0.5) is 0 Å². The van der Waals surface area contributed by atoms with Gasteiger partial charge in [0, 0.05) is 11.3 Å². The molecule has 0 bridgehead atoms. The van der Waals surface area contributed by atoms with Crippen LogP contribution in [-0.2, 0) is 0 Å². The zero-order valence-corrected chi connectivity index (χ0v) is 39.8. The number of nitrogens with zero attached hydrogens (tertiary/aromatic N) is 2. The molecule has 2 nitrogen and oxygen atoms in total. The molecule has 73 heavy (non-hydrogen) atoms. The van der Waals surface area contributed by atoms with Crippen molar-refractivity contribution in [2.24, 2.45) is 0 Å². The number of aromatic nitrogens is 2. The molecular weight excluding hydrogens is 881 g/mol. The second-order valence-corrected chi connectivity index (χ2v) is 19.3. The molecule has 15 rings (SSSR count). The maximum Gasteiger partial charge on any atom is 0.145 e. The zero-order chi connectivity index (χ0) is 48.0. The fourth-order valence-corrected chi connectivity index (χ4v) is 12.1. The van der Waals surface area contributed by atoms with Crippen molar-refractivity contribution in [2.45, 2.75) is 0 Å². The molecular formula is C71H44N2. The van der Waals surface area contributed by atoms with Crippen molar-refractivity contribution in [3.63, 3.8) is 0 Å². The normalized spacial score (nSPS) is 11.8. The first-order valence-electron chi connectivity index (χ1n) is 25.2. The molecule has 2 heteroatoms. The number of benzene rings is 14. The van der Waals surface area contributed by atoms with E-state index in [9.17, 15) is 0 Å². The highest BCUT2D eigenvalue weighted by Crippen LogP contribution is 2.50. The van der Waals surface area contributed by atoms with Gasteiger partial charge in [-0.15, -0.1) is 0 Å². The topological polar surface area (TPSA) is 17.8 Å². The third-order valence-corrected chi connectivity index (χ3v) is 15.3. The fourth-order valence-electron chi connectivity index (χ4n) is 12.1. The molecule has 0 aliphatic rings. The van der Waals surface area contributed by atoms with Gasteiger partial charge in [0.2, 0.25) is 0 Å². The highest BCUT2D eigenvalue weighted by Gasteiger charge is 2.23. The van der Waals surface area contributed by atoms with Crippen LogP contribution in [0.3, 0.4) is 0 Å². The van der Waals surface area contributed by atoms with E-state index in [1.165, 1.54) is 120 Å². The van der Waals surface area contributed by atoms with Gasteiger partial charge in [-0.05, 0) is 162 Å². The molecule has 1 heterocycles. The lowest BCUT2D eigenvalue weighted by Crippen LogP contribution is -1.97. The lowest BCUT2D eigenvalue weighted by Gasteiger charge is -2.22. The van der Waals surface area contributed by atoms with Crippen LogP contribution in [0.1, 0.15) is 0 Å². The molecule has 0 fully saturated rings. The van der Waals surface area contributed by atoms with E-state index in [2.05, 4.69) is 271 Å². The summed E-state index contributed by atoms with van der Waals surface area (Å²) in [6.45, 7) is 0. The highest BCUT2D eigenvalue weighted by molar-refractivity contribution is 6.27. The SMILES string of the molecule is c1ccc(-n2c(-c3ccc4cc(-c5c6ccccc6c(-c6ccc7c(-c8cccc9ccccc89)c8ccccc8c(-c8cccc9ccccc89)c7c6)c6ccccc56)ccc4c3)nc3ccccc32)cc1. The first-order chi connectivity index (χ1) is 36.2. The minimum Gasteiger partial charge on any atom is -0.292 e. The van der Waals surface area contributed by atoms with E-state index < -0.39 is 0 Å². The summed E-state index contributed by atoms with van der Waals surface area (Å²) >= 11 is 0. The quantitative estimate of drug-likeness (QED) is 0.152. The molecule has 0 aliphatic heterocycles. The van der Waals surface area contributed by atoms with Crippen LogP contribution in [0.2, 0.25) is 0 Å². The van der Waals surface area contributed by atoms with Crippen molar-refractivity contribution < 1.29 is 0 Å². The second kappa shape index (κ2) is 16.5. The largest absolute Gasteiger partial charge is 0.292 e. The predicted octanol–water partition coefficient (Wildman–Crippen LogP) is 19.4. The maximum absolute atomic E-state index is 5.19. The number of hydrogen-bond donors (Lipinski definition) is 0. The molecule has 1 aromatic heterocycles. The minimum absolute atomic E-state index is 0.932. The Balaban J connectivity index is 0.955. The Kier molecular flexibility index (Phi) is 9.30. The molecule has 0 N–H and O–H groups in total. The van der Waals surface area contributed by atoms with E-state index in [4.69, 9.17) is 4.98 Å². The maximum atomic E-state index is 5.19. The molecule has 0 saturated carbocycles. The van der Waals surface area contributed by atoms with Crippen molar-refractivity contribution >= 4 is 86.4 Å². The summed E-state index contributed by atoms with van der Waals surface area (Å²) < 4.78 is 2.27. The van der Waals surface area contributed by atoms with E-state index in [0.29, 0.717) is 0 Å². The Morgan fingerprint density at radius 3 is 1.25 bits per heavy atom. The Bertz CT molecular complexity index is 4670. The van der Waals surface area contributed by atoms with E-state index >= 15 is 0 Å². The molecule has 0 atom stereocenters. The van der Waals surface area contributed by atoms with Crippen molar-refractivity contribution in [3.8, 4) is 61.6 Å². The Morgan fingerprint density at radius 1 is 0.247 bits per heavy atom. The van der Waals surface area contributed by atoms with Crippen LogP contribution in [0, 0.1) is 0 Å². The van der Waals surface area contributed by atoms with E-state index in [0.717, 1.165) is 28.1 Å². The van der Waals surface area contributed by atoms with Gasteiger partial charge in [0.25, 0.3) is 0 Å². The Hall–Kier alpha value is -9.63. The van der Waals surface area contributed by atoms with Gasteiger partial charge in [-0.3, -0.25) is 4.57 Å². The number of fused-ring (bicyclic) bond motifs is 8. The summed E-state index contributed by atoms with van der Waals surface area (Å²) in [5, 5.41) is 17.2. The standard InChI is InChI=1S/C71H44N2/c1-2-22-52(23-3-1)73-66-35-15-14-34-65(66)72-71(73)51-39-37-47-42-49(38-36-48(47)43-51)67-57-26-8-10-28-59(57)68(60-29-11-9-27-58(60)67)50-40-41-63-64(44-50)70(56-33-17-21-46-19-5-7-25-54(46)56)62-31-13-12-30-61(62)69(63)55-32-16-20-45-18-4-6-24-53(45)55/h1-44H. The second-order valence-electron chi connectivity index (χ2n) is 19.3. The molecule has 0 unspecified atom stereocenters. The summed E-state index contributed by atoms with van der Waals surface area (Å²) in [6.07, 6.45) is 0. The van der Waals surface area contributed by atoms with E-state index in [1.54, 1.807) is 0 Å². The lowest BCUT2D eigenvalue weighted by atomic mass is 9.81. The number of rotatable bonds is 6. The van der Waals surface area contributed by atoms with Crippen LogP contribution in [0.5, 0.6) is 0 Å². The van der Waals surface area contributed by atoms with Crippen molar-refractivity contribution in [2.75, 3.05) is 0 Å². The van der Waals surface area contributed by atoms with E-state index in [1.807, 2.05) is 0 Å². The van der Waals surface area contributed by atoms with Gasteiger partial charge in [-0.2, -0.15) is 0 Å². The molecule has 338 valence electrons. The van der Waals surface area contributed by atoms with Gasteiger partial charge in [0.15, 0.2) is 0 Å².